The fourth-order valence-corrected chi connectivity index (χ4v) is 2.26. The van der Waals surface area contributed by atoms with Crippen LogP contribution in [-0.2, 0) is 0 Å². The lowest BCUT2D eigenvalue weighted by molar-refractivity contribution is 0.159. The molecule has 1 aliphatic rings. The van der Waals surface area contributed by atoms with Gasteiger partial charge in [-0.25, -0.2) is 9.03 Å². The summed E-state index contributed by atoms with van der Waals surface area (Å²) in [5.74, 6) is 0. The quantitative estimate of drug-likeness (QED) is 0.748. The van der Waals surface area contributed by atoms with Gasteiger partial charge in [-0.3, -0.25) is 4.90 Å². The van der Waals surface area contributed by atoms with Crippen LogP contribution in [0.1, 0.15) is 34.6 Å². The van der Waals surface area contributed by atoms with Crippen LogP contribution in [0.15, 0.2) is 0 Å². The van der Waals surface area contributed by atoms with Gasteiger partial charge in [-0.1, -0.05) is 0 Å². The van der Waals surface area contributed by atoms with Crippen molar-refractivity contribution in [3.05, 3.63) is 0 Å². The van der Waals surface area contributed by atoms with Crippen molar-refractivity contribution in [1.29, 1.82) is 0 Å². The zero-order chi connectivity index (χ0) is 11.5. The first-order valence-electron chi connectivity index (χ1n) is 5.81. The van der Waals surface area contributed by atoms with E-state index in [0.717, 1.165) is 13.1 Å². The molecule has 3 nitrogen and oxygen atoms in total. The molecule has 0 aromatic heterocycles. The van der Waals surface area contributed by atoms with Crippen LogP contribution in [0.5, 0.6) is 0 Å². The lowest BCUT2D eigenvalue weighted by Crippen LogP contribution is -2.48. The Balaban J connectivity index is 2.20. The average molecular weight is 231 g/mol. The molecule has 0 radical (unpaired) electrons. The van der Waals surface area contributed by atoms with Crippen LogP contribution in [0.25, 0.3) is 0 Å². The molecule has 90 valence electrons. The van der Waals surface area contributed by atoms with Gasteiger partial charge >= 0.3 is 0 Å². The fraction of sp³-hybridized carbons (Fsp3) is 1.00. The van der Waals surface area contributed by atoms with Crippen molar-refractivity contribution in [2.75, 3.05) is 26.2 Å². The van der Waals surface area contributed by atoms with Gasteiger partial charge in [0, 0.05) is 49.9 Å². The van der Waals surface area contributed by atoms with E-state index in [-0.39, 0.29) is 5.54 Å². The van der Waals surface area contributed by atoms with Gasteiger partial charge in [-0.15, -0.1) is 0 Å². The lowest BCUT2D eigenvalue weighted by Gasteiger charge is -2.37. The number of piperazine rings is 1. The largest absolute Gasteiger partial charge is 0.298 e. The zero-order valence-corrected chi connectivity index (χ0v) is 11.5. The molecule has 1 saturated heterocycles. The monoisotopic (exact) mass is 231 g/mol. The Morgan fingerprint density at radius 2 is 1.60 bits per heavy atom. The molecule has 0 spiro atoms. The van der Waals surface area contributed by atoms with E-state index in [2.05, 4.69) is 48.5 Å². The summed E-state index contributed by atoms with van der Waals surface area (Å²) in [6, 6.07) is 0.688. The van der Waals surface area contributed by atoms with Gasteiger partial charge in [0.1, 0.15) is 0 Å². The third-order valence-electron chi connectivity index (χ3n) is 2.48. The molecule has 0 aromatic carbocycles. The number of nitrogens with zero attached hydrogens (tertiary/aromatic N) is 2. The Bertz CT molecular complexity index is 181. The molecule has 0 aromatic rings. The highest BCUT2D eigenvalue weighted by molar-refractivity contribution is 7.95. The molecule has 0 unspecified atom stereocenters. The van der Waals surface area contributed by atoms with Crippen LogP contribution >= 0.6 is 12.1 Å². The van der Waals surface area contributed by atoms with E-state index >= 15 is 0 Å². The van der Waals surface area contributed by atoms with Crippen LogP contribution in [0, 0.1) is 0 Å². The van der Waals surface area contributed by atoms with Gasteiger partial charge < -0.3 is 0 Å². The summed E-state index contributed by atoms with van der Waals surface area (Å²) < 4.78 is 5.88. The third kappa shape index (κ3) is 5.20. The maximum Gasteiger partial charge on any atom is 0.0230 e. The van der Waals surface area contributed by atoms with Crippen molar-refractivity contribution in [1.82, 2.24) is 13.9 Å². The molecular formula is C11H25N3S. The smallest absolute Gasteiger partial charge is 0.0230 e. The van der Waals surface area contributed by atoms with Crippen molar-refractivity contribution in [2.45, 2.75) is 46.2 Å². The van der Waals surface area contributed by atoms with E-state index in [1.807, 2.05) is 0 Å². The van der Waals surface area contributed by atoms with Gasteiger partial charge in [0.2, 0.25) is 0 Å². The second kappa shape index (κ2) is 5.53. The van der Waals surface area contributed by atoms with E-state index in [9.17, 15) is 0 Å². The van der Waals surface area contributed by atoms with Gasteiger partial charge in [0.25, 0.3) is 0 Å². The van der Waals surface area contributed by atoms with Crippen LogP contribution < -0.4 is 4.72 Å². The second-order valence-electron chi connectivity index (χ2n) is 5.50. The molecule has 15 heavy (non-hydrogen) atoms. The summed E-state index contributed by atoms with van der Waals surface area (Å²) in [5.41, 5.74) is 0.194. The van der Waals surface area contributed by atoms with Gasteiger partial charge in [-0.2, -0.15) is 0 Å². The van der Waals surface area contributed by atoms with E-state index < -0.39 is 0 Å². The molecule has 0 aliphatic carbocycles. The third-order valence-corrected chi connectivity index (χ3v) is 3.81. The Morgan fingerprint density at radius 1 is 1.07 bits per heavy atom. The van der Waals surface area contributed by atoms with Crippen molar-refractivity contribution < 1.29 is 0 Å². The summed E-state index contributed by atoms with van der Waals surface area (Å²) in [6.07, 6.45) is 0. The highest BCUT2D eigenvalue weighted by Gasteiger charge is 2.20. The average Bonchev–Trinajstić information content (AvgIpc) is 2.14. The van der Waals surface area contributed by atoms with Crippen LogP contribution in [0.2, 0.25) is 0 Å². The number of hydrogen-bond donors (Lipinski definition) is 1. The topological polar surface area (TPSA) is 18.5 Å². The molecular weight excluding hydrogens is 206 g/mol. The highest BCUT2D eigenvalue weighted by Crippen LogP contribution is 2.15. The van der Waals surface area contributed by atoms with E-state index in [1.165, 1.54) is 13.1 Å². The van der Waals surface area contributed by atoms with Gasteiger partial charge in [-0.05, 0) is 34.6 Å². The molecule has 0 atom stereocenters. The van der Waals surface area contributed by atoms with E-state index in [4.69, 9.17) is 0 Å². The molecule has 1 aliphatic heterocycles. The molecule has 4 heteroatoms. The fourth-order valence-electron chi connectivity index (χ4n) is 1.51. The Labute approximate surface area is 98.8 Å². The minimum absolute atomic E-state index is 0.194. The molecule has 0 amide bonds. The number of nitrogens with one attached hydrogen (secondary N) is 1. The summed E-state index contributed by atoms with van der Waals surface area (Å²) in [7, 11) is 0. The van der Waals surface area contributed by atoms with Crippen molar-refractivity contribution in [3.63, 3.8) is 0 Å². The molecule has 1 fully saturated rings. The number of rotatable bonds is 3. The Kier molecular flexibility index (Phi) is 4.90. The predicted molar refractivity (Wildman–Crippen MR) is 68.8 cm³/mol. The van der Waals surface area contributed by atoms with E-state index in [1.54, 1.807) is 12.1 Å². The summed E-state index contributed by atoms with van der Waals surface area (Å²) in [6.45, 7) is 15.8. The highest BCUT2D eigenvalue weighted by atomic mass is 32.2. The summed E-state index contributed by atoms with van der Waals surface area (Å²) in [5, 5.41) is 0. The summed E-state index contributed by atoms with van der Waals surface area (Å²) in [4.78, 5) is 2.54. The molecule has 1 rings (SSSR count). The lowest BCUT2D eigenvalue weighted by atomic mass is 10.1. The van der Waals surface area contributed by atoms with Crippen molar-refractivity contribution >= 4 is 12.1 Å². The number of hydrogen-bond acceptors (Lipinski definition) is 4. The molecule has 0 bridgehead atoms. The van der Waals surface area contributed by atoms with Crippen molar-refractivity contribution in [3.8, 4) is 0 Å². The maximum absolute atomic E-state index is 3.46. The predicted octanol–water partition coefficient (Wildman–Crippen LogP) is 1.96. The Morgan fingerprint density at radius 3 is 2.00 bits per heavy atom. The van der Waals surface area contributed by atoms with Crippen molar-refractivity contribution in [2.24, 2.45) is 0 Å². The maximum atomic E-state index is 3.46. The first-order valence-corrected chi connectivity index (χ1v) is 6.59. The second-order valence-corrected chi connectivity index (χ2v) is 6.41. The normalized spacial score (nSPS) is 21.2. The van der Waals surface area contributed by atoms with Crippen LogP contribution in [-0.4, -0.2) is 47.0 Å². The van der Waals surface area contributed by atoms with Gasteiger partial charge in [0.15, 0.2) is 0 Å². The first-order chi connectivity index (χ1) is 6.88. The standard InChI is InChI=1S/C11H25N3S/c1-10(2)13-6-8-14(9-7-13)15-12-11(3,4)5/h10,12H,6-9H2,1-5H3. The molecule has 1 heterocycles. The first kappa shape index (κ1) is 13.3. The molecule has 0 saturated carbocycles. The van der Waals surface area contributed by atoms with Crippen LogP contribution in [0.4, 0.5) is 0 Å². The van der Waals surface area contributed by atoms with Gasteiger partial charge in [0.05, 0.1) is 0 Å². The van der Waals surface area contributed by atoms with E-state index in [0.29, 0.717) is 6.04 Å². The SMILES string of the molecule is CC(C)N1CCN(SNC(C)(C)C)CC1. The zero-order valence-electron chi connectivity index (χ0n) is 10.7. The summed E-state index contributed by atoms with van der Waals surface area (Å²) >= 11 is 1.77. The minimum Gasteiger partial charge on any atom is -0.298 e. The Hall–Kier alpha value is 0.230. The van der Waals surface area contributed by atoms with Crippen LogP contribution in [0.3, 0.4) is 0 Å². The molecule has 1 N–H and O–H groups in total. The minimum atomic E-state index is 0.194.